The lowest BCUT2D eigenvalue weighted by Crippen LogP contribution is -2.32. The van der Waals surface area contributed by atoms with E-state index in [4.69, 9.17) is 4.98 Å². The molecule has 1 aliphatic carbocycles. The lowest BCUT2D eigenvalue weighted by molar-refractivity contribution is 0.598. The van der Waals surface area contributed by atoms with Gasteiger partial charge in [0.15, 0.2) is 0 Å². The van der Waals surface area contributed by atoms with Gasteiger partial charge in [0.05, 0.1) is 17.6 Å². The molecule has 1 fully saturated rings. The fourth-order valence-corrected chi connectivity index (χ4v) is 2.54. The standard InChI is InChI=1S/C17H30N4/c1-6-18-9-15-16(10-19-17(20-15)13(4)5)21(11-12(2)3)14-7-8-14/h10,12-14,18H,6-9,11H2,1-5H3. The van der Waals surface area contributed by atoms with Gasteiger partial charge in [-0.1, -0.05) is 34.6 Å². The van der Waals surface area contributed by atoms with Crippen molar-refractivity contribution in [3.63, 3.8) is 0 Å². The number of rotatable bonds is 8. The van der Waals surface area contributed by atoms with Crippen molar-refractivity contribution in [1.29, 1.82) is 0 Å². The first kappa shape index (κ1) is 16.2. The molecule has 21 heavy (non-hydrogen) atoms. The van der Waals surface area contributed by atoms with Crippen LogP contribution in [0.25, 0.3) is 0 Å². The van der Waals surface area contributed by atoms with Crippen molar-refractivity contribution in [2.24, 2.45) is 5.92 Å². The number of nitrogens with one attached hydrogen (secondary N) is 1. The van der Waals surface area contributed by atoms with Gasteiger partial charge in [0.2, 0.25) is 0 Å². The van der Waals surface area contributed by atoms with Crippen LogP contribution in [0.5, 0.6) is 0 Å². The number of hydrogen-bond donors (Lipinski definition) is 1. The van der Waals surface area contributed by atoms with Gasteiger partial charge in [-0.15, -0.1) is 0 Å². The number of hydrogen-bond acceptors (Lipinski definition) is 4. The first-order valence-electron chi connectivity index (χ1n) is 8.36. The molecule has 0 spiro atoms. The van der Waals surface area contributed by atoms with E-state index in [1.807, 2.05) is 0 Å². The van der Waals surface area contributed by atoms with Crippen LogP contribution in [0.1, 0.15) is 64.9 Å². The lowest BCUT2D eigenvalue weighted by Gasteiger charge is -2.28. The van der Waals surface area contributed by atoms with Crippen LogP contribution in [0.2, 0.25) is 0 Å². The minimum Gasteiger partial charge on any atom is -0.366 e. The average molecular weight is 290 g/mol. The van der Waals surface area contributed by atoms with Crippen LogP contribution >= 0.6 is 0 Å². The highest BCUT2D eigenvalue weighted by Crippen LogP contribution is 2.33. The summed E-state index contributed by atoms with van der Waals surface area (Å²) in [5.41, 5.74) is 2.39. The number of anilines is 1. The van der Waals surface area contributed by atoms with Crippen molar-refractivity contribution in [3.05, 3.63) is 17.7 Å². The Kier molecular flexibility index (Phi) is 5.57. The van der Waals surface area contributed by atoms with Gasteiger partial charge in [0.25, 0.3) is 0 Å². The molecule has 0 unspecified atom stereocenters. The zero-order chi connectivity index (χ0) is 15.4. The smallest absolute Gasteiger partial charge is 0.131 e. The van der Waals surface area contributed by atoms with Crippen LogP contribution in [0.3, 0.4) is 0 Å². The van der Waals surface area contributed by atoms with Gasteiger partial charge in [-0.25, -0.2) is 9.97 Å². The van der Waals surface area contributed by atoms with Gasteiger partial charge in [-0.2, -0.15) is 0 Å². The van der Waals surface area contributed by atoms with E-state index in [2.05, 4.69) is 56.0 Å². The maximum Gasteiger partial charge on any atom is 0.131 e. The SMILES string of the molecule is CCNCc1nc(C(C)C)ncc1N(CC(C)C)C1CC1. The number of aromatic nitrogens is 2. The van der Waals surface area contributed by atoms with E-state index in [0.717, 1.165) is 31.2 Å². The summed E-state index contributed by atoms with van der Waals surface area (Å²) in [5, 5.41) is 3.42. The van der Waals surface area contributed by atoms with Crippen molar-refractivity contribution < 1.29 is 0 Å². The molecule has 0 amide bonds. The van der Waals surface area contributed by atoms with Crippen LogP contribution < -0.4 is 10.2 Å². The van der Waals surface area contributed by atoms with Crippen LogP contribution in [0, 0.1) is 5.92 Å². The van der Waals surface area contributed by atoms with Crippen LogP contribution in [-0.4, -0.2) is 29.1 Å². The Hall–Kier alpha value is -1.16. The van der Waals surface area contributed by atoms with Gasteiger partial charge in [-0.05, 0) is 25.3 Å². The Labute approximate surface area is 129 Å². The Morgan fingerprint density at radius 3 is 2.52 bits per heavy atom. The minimum atomic E-state index is 0.374. The van der Waals surface area contributed by atoms with E-state index < -0.39 is 0 Å². The molecule has 0 aliphatic heterocycles. The summed E-state index contributed by atoms with van der Waals surface area (Å²) in [4.78, 5) is 12.0. The first-order chi connectivity index (χ1) is 10.0. The van der Waals surface area contributed by atoms with Crippen LogP contribution in [0.4, 0.5) is 5.69 Å². The average Bonchev–Trinajstić information content (AvgIpc) is 3.26. The van der Waals surface area contributed by atoms with Crippen molar-refractivity contribution in [2.75, 3.05) is 18.0 Å². The van der Waals surface area contributed by atoms with E-state index in [9.17, 15) is 0 Å². The Balaban J connectivity index is 2.29. The van der Waals surface area contributed by atoms with E-state index in [0.29, 0.717) is 17.9 Å². The maximum absolute atomic E-state index is 4.83. The summed E-state index contributed by atoms with van der Waals surface area (Å²) < 4.78 is 0. The molecular weight excluding hydrogens is 260 g/mol. The summed E-state index contributed by atoms with van der Waals surface area (Å²) in [6.07, 6.45) is 4.66. The van der Waals surface area contributed by atoms with E-state index in [1.165, 1.54) is 18.5 Å². The normalized spacial score (nSPS) is 15.0. The molecular formula is C17H30N4. The third-order valence-corrected chi connectivity index (χ3v) is 3.78. The Morgan fingerprint density at radius 2 is 2.00 bits per heavy atom. The fourth-order valence-electron chi connectivity index (χ4n) is 2.54. The fraction of sp³-hybridized carbons (Fsp3) is 0.765. The van der Waals surface area contributed by atoms with Gasteiger partial charge in [0, 0.05) is 25.0 Å². The first-order valence-corrected chi connectivity index (χ1v) is 8.36. The highest BCUT2D eigenvalue weighted by Gasteiger charge is 2.31. The predicted molar refractivity (Wildman–Crippen MR) is 88.7 cm³/mol. The van der Waals surface area contributed by atoms with Crippen molar-refractivity contribution in [1.82, 2.24) is 15.3 Å². The molecule has 1 aromatic rings. The molecule has 4 heteroatoms. The molecule has 0 atom stereocenters. The highest BCUT2D eigenvalue weighted by atomic mass is 15.2. The van der Waals surface area contributed by atoms with Crippen LogP contribution in [-0.2, 0) is 6.54 Å². The molecule has 0 radical (unpaired) electrons. The molecule has 4 nitrogen and oxygen atoms in total. The Bertz CT molecular complexity index is 452. The summed E-state index contributed by atoms with van der Waals surface area (Å²) in [6.45, 7) is 13.9. The largest absolute Gasteiger partial charge is 0.366 e. The van der Waals surface area contributed by atoms with Crippen molar-refractivity contribution >= 4 is 5.69 Å². The van der Waals surface area contributed by atoms with E-state index >= 15 is 0 Å². The zero-order valence-corrected chi connectivity index (χ0v) is 14.2. The second-order valence-electron chi connectivity index (χ2n) is 6.77. The molecule has 0 bridgehead atoms. The molecule has 118 valence electrons. The van der Waals surface area contributed by atoms with Crippen LogP contribution in [0.15, 0.2) is 6.20 Å². The zero-order valence-electron chi connectivity index (χ0n) is 14.2. The third kappa shape index (κ3) is 4.40. The van der Waals surface area contributed by atoms with Gasteiger partial charge >= 0.3 is 0 Å². The predicted octanol–water partition coefficient (Wildman–Crippen LogP) is 3.33. The number of nitrogens with zero attached hydrogens (tertiary/aromatic N) is 3. The summed E-state index contributed by atoms with van der Waals surface area (Å²) in [6, 6.07) is 0.696. The summed E-state index contributed by atoms with van der Waals surface area (Å²) in [5.74, 6) is 1.98. The molecule has 0 aromatic carbocycles. The molecule has 1 aliphatic rings. The monoisotopic (exact) mass is 290 g/mol. The second-order valence-corrected chi connectivity index (χ2v) is 6.77. The topological polar surface area (TPSA) is 41.1 Å². The highest BCUT2D eigenvalue weighted by molar-refractivity contribution is 5.51. The van der Waals surface area contributed by atoms with Crippen molar-refractivity contribution in [3.8, 4) is 0 Å². The molecule has 0 saturated heterocycles. The maximum atomic E-state index is 4.83. The quantitative estimate of drug-likeness (QED) is 0.797. The molecule has 1 aromatic heterocycles. The van der Waals surface area contributed by atoms with E-state index in [-0.39, 0.29) is 0 Å². The molecule has 1 N–H and O–H groups in total. The van der Waals surface area contributed by atoms with E-state index in [1.54, 1.807) is 0 Å². The van der Waals surface area contributed by atoms with Gasteiger partial charge in [0.1, 0.15) is 5.82 Å². The summed E-state index contributed by atoms with van der Waals surface area (Å²) in [7, 11) is 0. The lowest BCUT2D eigenvalue weighted by atomic mass is 10.1. The molecule has 1 heterocycles. The Morgan fingerprint density at radius 1 is 1.29 bits per heavy atom. The molecule has 2 rings (SSSR count). The van der Waals surface area contributed by atoms with Gasteiger partial charge in [-0.3, -0.25) is 0 Å². The van der Waals surface area contributed by atoms with Gasteiger partial charge < -0.3 is 10.2 Å². The van der Waals surface area contributed by atoms with Crippen molar-refractivity contribution in [2.45, 2.75) is 66.0 Å². The second kappa shape index (κ2) is 7.21. The molecule has 1 saturated carbocycles. The minimum absolute atomic E-state index is 0.374. The third-order valence-electron chi connectivity index (χ3n) is 3.78. The summed E-state index contributed by atoms with van der Waals surface area (Å²) >= 11 is 0.